The Labute approximate surface area is 118 Å². The first kappa shape index (κ1) is 16.3. The molecule has 1 rings (SSSR count). The van der Waals surface area contributed by atoms with Crippen molar-refractivity contribution in [1.29, 1.82) is 0 Å². The molecule has 0 aromatic rings. The number of nitrogens with one attached hydrogen (secondary N) is 1. The molecule has 0 spiro atoms. The molecule has 3 N–H and O–H groups in total. The van der Waals surface area contributed by atoms with Crippen LogP contribution in [-0.2, 0) is 0 Å². The number of nitrogens with zero attached hydrogens (tertiary/aromatic N) is 2. The van der Waals surface area contributed by atoms with Gasteiger partial charge in [-0.1, -0.05) is 39.5 Å². The highest BCUT2D eigenvalue weighted by molar-refractivity contribution is 5.77. The van der Waals surface area contributed by atoms with Gasteiger partial charge in [-0.25, -0.2) is 0 Å². The normalized spacial score (nSPS) is 21.6. The summed E-state index contributed by atoms with van der Waals surface area (Å²) in [6.07, 6.45) is 8.99. The molecule has 0 aliphatic carbocycles. The highest BCUT2D eigenvalue weighted by Gasteiger charge is 2.20. The van der Waals surface area contributed by atoms with Crippen molar-refractivity contribution >= 4 is 5.96 Å². The first-order valence-electron chi connectivity index (χ1n) is 8.05. The Bertz CT molecular complexity index is 253. The number of guanidine groups is 1. The van der Waals surface area contributed by atoms with Crippen LogP contribution < -0.4 is 11.1 Å². The maximum Gasteiger partial charge on any atom is 0.188 e. The molecule has 112 valence electrons. The fourth-order valence-electron chi connectivity index (χ4n) is 2.71. The molecule has 0 radical (unpaired) electrons. The Morgan fingerprint density at radius 1 is 1.26 bits per heavy atom. The van der Waals surface area contributed by atoms with Gasteiger partial charge in [0.15, 0.2) is 5.96 Å². The number of likely N-dealkylation sites (N-methyl/N-ethyl adjacent to an activating group) is 1. The van der Waals surface area contributed by atoms with E-state index in [1.54, 1.807) is 0 Å². The topological polar surface area (TPSA) is 53.6 Å². The molecule has 0 saturated carbocycles. The molecule has 1 saturated heterocycles. The van der Waals surface area contributed by atoms with Crippen molar-refractivity contribution in [2.24, 2.45) is 10.7 Å². The Morgan fingerprint density at radius 2 is 2.11 bits per heavy atom. The minimum Gasteiger partial charge on any atom is -0.370 e. The summed E-state index contributed by atoms with van der Waals surface area (Å²) in [5.41, 5.74) is 5.91. The summed E-state index contributed by atoms with van der Waals surface area (Å²) in [6, 6.07) is 0.596. The van der Waals surface area contributed by atoms with Crippen LogP contribution in [0.1, 0.15) is 58.8 Å². The molecule has 4 nitrogen and oxygen atoms in total. The molecular formula is C15H32N4. The lowest BCUT2D eigenvalue weighted by Crippen LogP contribution is -2.42. The van der Waals surface area contributed by atoms with Crippen LogP contribution in [0.15, 0.2) is 4.99 Å². The standard InChI is InChI=1S/C15H32N4/c1-3-5-6-8-11-17-15(16)18-13-14-10-7-9-12-19(14)4-2/h14H,3-13H2,1-2H3,(H3,16,17,18). The Balaban J connectivity index is 2.18. The fraction of sp³-hybridized carbons (Fsp3) is 0.933. The summed E-state index contributed by atoms with van der Waals surface area (Å²) >= 11 is 0. The zero-order valence-corrected chi connectivity index (χ0v) is 12.8. The highest BCUT2D eigenvalue weighted by atomic mass is 15.2. The van der Waals surface area contributed by atoms with E-state index in [1.165, 1.54) is 51.5 Å². The number of rotatable bonds is 8. The predicted octanol–water partition coefficient (Wildman–Crippen LogP) is 2.35. The Kier molecular flexibility index (Phi) is 8.63. The fourth-order valence-corrected chi connectivity index (χ4v) is 2.71. The molecule has 4 heteroatoms. The van der Waals surface area contributed by atoms with Gasteiger partial charge < -0.3 is 11.1 Å². The highest BCUT2D eigenvalue weighted by Crippen LogP contribution is 2.16. The van der Waals surface area contributed by atoms with Gasteiger partial charge in [0.2, 0.25) is 0 Å². The summed E-state index contributed by atoms with van der Waals surface area (Å²) in [7, 11) is 0. The van der Waals surface area contributed by atoms with Crippen molar-refractivity contribution in [2.45, 2.75) is 64.8 Å². The van der Waals surface area contributed by atoms with Gasteiger partial charge in [-0.2, -0.15) is 0 Å². The second-order valence-electron chi connectivity index (χ2n) is 5.49. The van der Waals surface area contributed by atoms with Gasteiger partial charge in [0, 0.05) is 12.6 Å². The summed E-state index contributed by atoms with van der Waals surface area (Å²) in [4.78, 5) is 7.03. The van der Waals surface area contributed by atoms with Crippen molar-refractivity contribution in [3.8, 4) is 0 Å². The van der Waals surface area contributed by atoms with Gasteiger partial charge in [0.05, 0.1) is 6.54 Å². The second kappa shape index (κ2) is 10.1. The van der Waals surface area contributed by atoms with Crippen LogP contribution in [0.5, 0.6) is 0 Å². The molecule has 0 amide bonds. The van der Waals surface area contributed by atoms with Gasteiger partial charge in [0.25, 0.3) is 0 Å². The molecule has 1 aliphatic rings. The molecule has 1 aliphatic heterocycles. The Morgan fingerprint density at radius 3 is 2.84 bits per heavy atom. The molecule has 1 heterocycles. The maximum atomic E-state index is 5.91. The zero-order valence-electron chi connectivity index (χ0n) is 12.8. The molecule has 1 fully saturated rings. The lowest BCUT2D eigenvalue weighted by atomic mass is 10.0. The van der Waals surface area contributed by atoms with Crippen LogP contribution in [0, 0.1) is 0 Å². The summed E-state index contributed by atoms with van der Waals surface area (Å²) in [5, 5.41) is 3.22. The number of unbranched alkanes of at least 4 members (excludes halogenated alkanes) is 3. The zero-order chi connectivity index (χ0) is 13.9. The molecule has 1 atom stereocenters. The van der Waals surface area contributed by atoms with E-state index in [4.69, 9.17) is 5.73 Å². The third-order valence-electron chi connectivity index (χ3n) is 3.96. The molecule has 19 heavy (non-hydrogen) atoms. The van der Waals surface area contributed by atoms with Crippen molar-refractivity contribution in [3.05, 3.63) is 0 Å². The quantitative estimate of drug-likeness (QED) is 0.404. The van der Waals surface area contributed by atoms with Crippen molar-refractivity contribution in [1.82, 2.24) is 10.2 Å². The van der Waals surface area contributed by atoms with E-state index < -0.39 is 0 Å². The molecular weight excluding hydrogens is 236 g/mol. The predicted molar refractivity (Wildman–Crippen MR) is 83.5 cm³/mol. The SMILES string of the molecule is CCCCCCNC(N)=NCC1CCCCN1CC. The van der Waals surface area contributed by atoms with E-state index in [0.29, 0.717) is 12.0 Å². The number of aliphatic imine (C=N–C) groups is 1. The molecule has 0 aromatic heterocycles. The van der Waals surface area contributed by atoms with E-state index in [1.807, 2.05) is 0 Å². The van der Waals surface area contributed by atoms with Crippen molar-refractivity contribution in [2.75, 3.05) is 26.2 Å². The van der Waals surface area contributed by atoms with Crippen LogP contribution in [0.2, 0.25) is 0 Å². The minimum atomic E-state index is 0.596. The van der Waals surface area contributed by atoms with E-state index in [2.05, 4.69) is 29.1 Å². The lowest BCUT2D eigenvalue weighted by Gasteiger charge is -2.33. The summed E-state index contributed by atoms with van der Waals surface area (Å²) in [6.45, 7) is 8.62. The Hall–Kier alpha value is -0.770. The van der Waals surface area contributed by atoms with E-state index in [0.717, 1.165) is 19.6 Å². The van der Waals surface area contributed by atoms with Crippen LogP contribution in [0.4, 0.5) is 0 Å². The third kappa shape index (κ3) is 6.81. The number of nitrogens with two attached hydrogens (primary N) is 1. The van der Waals surface area contributed by atoms with Crippen molar-refractivity contribution in [3.63, 3.8) is 0 Å². The monoisotopic (exact) mass is 268 g/mol. The summed E-state index contributed by atoms with van der Waals surface area (Å²) < 4.78 is 0. The number of hydrogen-bond acceptors (Lipinski definition) is 2. The van der Waals surface area contributed by atoms with Crippen molar-refractivity contribution < 1.29 is 0 Å². The van der Waals surface area contributed by atoms with Gasteiger partial charge in [-0.05, 0) is 32.4 Å². The van der Waals surface area contributed by atoms with Crippen LogP contribution in [0.25, 0.3) is 0 Å². The van der Waals surface area contributed by atoms with Gasteiger partial charge in [-0.3, -0.25) is 9.89 Å². The minimum absolute atomic E-state index is 0.596. The first-order chi connectivity index (χ1) is 9.27. The number of likely N-dealkylation sites (tertiary alicyclic amines) is 1. The third-order valence-corrected chi connectivity index (χ3v) is 3.96. The molecule has 0 aromatic carbocycles. The van der Waals surface area contributed by atoms with Crippen LogP contribution >= 0.6 is 0 Å². The van der Waals surface area contributed by atoms with Crippen LogP contribution in [-0.4, -0.2) is 43.1 Å². The average Bonchev–Trinajstić information content (AvgIpc) is 2.45. The van der Waals surface area contributed by atoms with Crippen LogP contribution in [0.3, 0.4) is 0 Å². The van der Waals surface area contributed by atoms with E-state index >= 15 is 0 Å². The van der Waals surface area contributed by atoms with E-state index in [9.17, 15) is 0 Å². The average molecular weight is 268 g/mol. The number of piperidine rings is 1. The smallest absolute Gasteiger partial charge is 0.188 e. The summed E-state index contributed by atoms with van der Waals surface area (Å²) in [5.74, 6) is 0.623. The largest absolute Gasteiger partial charge is 0.370 e. The molecule has 0 bridgehead atoms. The number of hydrogen-bond donors (Lipinski definition) is 2. The van der Waals surface area contributed by atoms with Gasteiger partial charge in [0.1, 0.15) is 0 Å². The maximum absolute atomic E-state index is 5.91. The first-order valence-corrected chi connectivity index (χ1v) is 8.05. The second-order valence-corrected chi connectivity index (χ2v) is 5.49. The van der Waals surface area contributed by atoms with E-state index in [-0.39, 0.29) is 0 Å². The van der Waals surface area contributed by atoms with Gasteiger partial charge in [-0.15, -0.1) is 0 Å². The lowest BCUT2D eigenvalue weighted by molar-refractivity contribution is 0.161. The molecule has 1 unspecified atom stereocenters. The van der Waals surface area contributed by atoms with Gasteiger partial charge >= 0.3 is 0 Å².